The Bertz CT molecular complexity index is 812. The van der Waals surface area contributed by atoms with E-state index in [0.717, 1.165) is 34.2 Å². The fraction of sp³-hybridized carbons (Fsp3) is 0.211. The number of nitrogens with one attached hydrogen (secondary N) is 2. The van der Waals surface area contributed by atoms with Crippen molar-refractivity contribution in [2.75, 3.05) is 13.7 Å². The zero-order chi connectivity index (χ0) is 16.8. The predicted octanol–water partition coefficient (Wildman–Crippen LogP) is 3.65. The summed E-state index contributed by atoms with van der Waals surface area (Å²) in [5, 5.41) is 3.82. The lowest BCUT2D eigenvalue weighted by atomic mass is 10.1. The van der Waals surface area contributed by atoms with E-state index in [1.165, 1.54) is 7.11 Å². The minimum atomic E-state index is -0.411. The molecule has 0 unspecified atom stereocenters. The number of carbonyl (C=O) groups is 1. The first kappa shape index (κ1) is 15.9. The number of rotatable bonds is 6. The number of benzene rings is 2. The van der Waals surface area contributed by atoms with Crippen molar-refractivity contribution in [3.63, 3.8) is 0 Å². The van der Waals surface area contributed by atoms with Crippen LogP contribution in [-0.4, -0.2) is 24.7 Å². The molecule has 1 aromatic heterocycles. The normalized spacial score (nSPS) is 10.5. The van der Waals surface area contributed by atoms with E-state index in [1.54, 1.807) is 0 Å². The number of aromatic amines is 1. The number of H-pyrrole nitrogens is 1. The Balaban J connectivity index is 1.63. The number of aromatic nitrogens is 1. The maximum Gasteiger partial charge on any atom is 0.406 e. The highest BCUT2D eigenvalue weighted by Crippen LogP contribution is 2.24. The van der Waals surface area contributed by atoms with Crippen molar-refractivity contribution in [3.8, 4) is 5.75 Å². The molecule has 0 radical (unpaired) electrons. The van der Waals surface area contributed by atoms with Gasteiger partial charge < -0.3 is 19.8 Å². The van der Waals surface area contributed by atoms with Gasteiger partial charge in [-0.2, -0.15) is 0 Å². The Hall–Kier alpha value is -2.95. The Kier molecular flexibility index (Phi) is 5.01. The van der Waals surface area contributed by atoms with Gasteiger partial charge in [-0.1, -0.05) is 30.3 Å². The van der Waals surface area contributed by atoms with Crippen LogP contribution in [0.3, 0.4) is 0 Å². The highest BCUT2D eigenvalue weighted by molar-refractivity contribution is 5.84. The van der Waals surface area contributed by atoms with E-state index >= 15 is 0 Å². The van der Waals surface area contributed by atoms with Crippen molar-refractivity contribution in [1.29, 1.82) is 0 Å². The lowest BCUT2D eigenvalue weighted by Crippen LogP contribution is -2.25. The van der Waals surface area contributed by atoms with E-state index < -0.39 is 6.09 Å². The fourth-order valence-electron chi connectivity index (χ4n) is 2.57. The summed E-state index contributed by atoms with van der Waals surface area (Å²) < 4.78 is 10.4. The molecule has 0 saturated carbocycles. The molecule has 5 nitrogen and oxygen atoms in total. The van der Waals surface area contributed by atoms with Crippen LogP contribution in [0.5, 0.6) is 5.75 Å². The summed E-state index contributed by atoms with van der Waals surface area (Å²) in [5.41, 5.74) is 3.31. The summed E-state index contributed by atoms with van der Waals surface area (Å²) in [6, 6.07) is 16.1. The minimum absolute atomic E-state index is 0.411. The molecular formula is C19H20N2O3. The van der Waals surface area contributed by atoms with Crippen molar-refractivity contribution in [3.05, 3.63) is 65.9 Å². The molecule has 0 saturated heterocycles. The Morgan fingerprint density at radius 3 is 2.79 bits per heavy atom. The van der Waals surface area contributed by atoms with Crippen molar-refractivity contribution in [2.24, 2.45) is 0 Å². The summed E-state index contributed by atoms with van der Waals surface area (Å²) in [5.74, 6) is 0.826. The number of fused-ring (bicyclic) bond motifs is 1. The number of ether oxygens (including phenoxy) is 2. The number of methoxy groups -OCH3 is 1. The van der Waals surface area contributed by atoms with Crippen molar-refractivity contribution >= 4 is 17.0 Å². The molecule has 1 heterocycles. The standard InChI is InChI=1S/C19H20N2O3/c1-23-19(22)20-10-9-15-12-21-18-11-16(7-8-17(15)18)24-13-14-5-3-2-4-6-14/h2-8,11-12,21H,9-10,13H2,1H3,(H,20,22). The minimum Gasteiger partial charge on any atom is -0.489 e. The summed E-state index contributed by atoms with van der Waals surface area (Å²) in [6.07, 6.45) is 2.29. The van der Waals surface area contributed by atoms with Gasteiger partial charge in [0.05, 0.1) is 7.11 Å². The Morgan fingerprint density at radius 1 is 1.17 bits per heavy atom. The van der Waals surface area contributed by atoms with Crippen LogP contribution in [0.15, 0.2) is 54.7 Å². The Morgan fingerprint density at radius 2 is 2.00 bits per heavy atom. The Labute approximate surface area is 140 Å². The topological polar surface area (TPSA) is 63.3 Å². The van der Waals surface area contributed by atoms with Crippen LogP contribution in [0, 0.1) is 0 Å². The number of amides is 1. The molecule has 1 amide bonds. The van der Waals surface area contributed by atoms with E-state index in [0.29, 0.717) is 13.2 Å². The molecule has 0 fully saturated rings. The number of alkyl carbamates (subject to hydrolysis) is 1. The third-order valence-electron chi connectivity index (χ3n) is 3.84. The quantitative estimate of drug-likeness (QED) is 0.727. The molecule has 0 aliphatic rings. The average molecular weight is 324 g/mol. The molecule has 0 spiro atoms. The van der Waals surface area contributed by atoms with Crippen molar-refractivity contribution < 1.29 is 14.3 Å². The monoisotopic (exact) mass is 324 g/mol. The zero-order valence-electron chi connectivity index (χ0n) is 13.5. The van der Waals surface area contributed by atoms with Gasteiger partial charge in [0.2, 0.25) is 0 Å². The molecule has 3 rings (SSSR count). The first-order chi connectivity index (χ1) is 11.8. The van der Waals surface area contributed by atoms with E-state index in [-0.39, 0.29) is 0 Å². The van der Waals surface area contributed by atoms with Crippen LogP contribution in [0.25, 0.3) is 10.9 Å². The predicted molar refractivity (Wildman–Crippen MR) is 93.2 cm³/mol. The second-order valence-electron chi connectivity index (χ2n) is 5.46. The summed E-state index contributed by atoms with van der Waals surface area (Å²) >= 11 is 0. The number of hydrogen-bond acceptors (Lipinski definition) is 3. The molecule has 0 aliphatic carbocycles. The maximum absolute atomic E-state index is 11.1. The highest BCUT2D eigenvalue weighted by Gasteiger charge is 2.06. The van der Waals surface area contributed by atoms with Crippen LogP contribution >= 0.6 is 0 Å². The molecule has 3 aromatic rings. The van der Waals surface area contributed by atoms with Gasteiger partial charge in [-0.3, -0.25) is 0 Å². The molecular weight excluding hydrogens is 304 g/mol. The third-order valence-corrected chi connectivity index (χ3v) is 3.84. The molecule has 0 atom stereocenters. The van der Waals surface area contributed by atoms with Gasteiger partial charge in [-0.05, 0) is 29.7 Å². The summed E-state index contributed by atoms with van der Waals surface area (Å²) in [6.45, 7) is 1.08. The second-order valence-corrected chi connectivity index (χ2v) is 5.46. The van der Waals surface area contributed by atoms with Gasteiger partial charge in [-0.15, -0.1) is 0 Å². The van der Waals surface area contributed by atoms with Gasteiger partial charge in [-0.25, -0.2) is 4.79 Å². The van der Waals surface area contributed by atoms with Gasteiger partial charge in [0.1, 0.15) is 12.4 Å². The van der Waals surface area contributed by atoms with Crippen LogP contribution in [0.2, 0.25) is 0 Å². The van der Waals surface area contributed by atoms with Gasteiger partial charge in [0.25, 0.3) is 0 Å². The first-order valence-corrected chi connectivity index (χ1v) is 7.85. The lowest BCUT2D eigenvalue weighted by molar-refractivity contribution is 0.171. The van der Waals surface area contributed by atoms with Gasteiger partial charge in [0, 0.05) is 29.7 Å². The SMILES string of the molecule is COC(=O)NCCc1c[nH]c2cc(OCc3ccccc3)ccc12. The molecule has 124 valence electrons. The molecule has 0 bridgehead atoms. The maximum atomic E-state index is 11.1. The van der Waals surface area contributed by atoms with Crippen molar-refractivity contribution in [2.45, 2.75) is 13.0 Å². The molecule has 2 N–H and O–H groups in total. The van der Waals surface area contributed by atoms with Crippen LogP contribution in [0.1, 0.15) is 11.1 Å². The third kappa shape index (κ3) is 3.87. The van der Waals surface area contributed by atoms with Crippen molar-refractivity contribution in [1.82, 2.24) is 10.3 Å². The van der Waals surface area contributed by atoms with Gasteiger partial charge >= 0.3 is 6.09 Å². The molecule has 24 heavy (non-hydrogen) atoms. The zero-order valence-corrected chi connectivity index (χ0v) is 13.5. The smallest absolute Gasteiger partial charge is 0.406 e. The van der Waals surface area contributed by atoms with Crippen LogP contribution < -0.4 is 10.1 Å². The van der Waals surface area contributed by atoms with Crippen LogP contribution in [0.4, 0.5) is 4.79 Å². The second kappa shape index (κ2) is 7.55. The number of hydrogen-bond donors (Lipinski definition) is 2. The van der Waals surface area contributed by atoms with E-state index in [9.17, 15) is 4.79 Å². The molecule has 2 aromatic carbocycles. The first-order valence-electron chi connectivity index (χ1n) is 7.85. The van der Waals surface area contributed by atoms with E-state index in [2.05, 4.69) is 15.0 Å². The fourth-order valence-corrected chi connectivity index (χ4v) is 2.57. The average Bonchev–Trinajstić information content (AvgIpc) is 3.03. The molecule has 0 aliphatic heterocycles. The van der Waals surface area contributed by atoms with Crippen LogP contribution in [-0.2, 0) is 17.8 Å². The van der Waals surface area contributed by atoms with Gasteiger partial charge in [0.15, 0.2) is 0 Å². The number of carbonyl (C=O) groups excluding carboxylic acids is 1. The largest absolute Gasteiger partial charge is 0.489 e. The molecule has 5 heteroatoms. The lowest BCUT2D eigenvalue weighted by Gasteiger charge is -2.07. The highest BCUT2D eigenvalue weighted by atomic mass is 16.5. The summed E-state index contributed by atoms with van der Waals surface area (Å²) in [4.78, 5) is 14.3. The van der Waals surface area contributed by atoms with E-state index in [1.807, 2.05) is 54.7 Å². The summed E-state index contributed by atoms with van der Waals surface area (Å²) in [7, 11) is 1.36. The van der Waals surface area contributed by atoms with E-state index in [4.69, 9.17) is 4.74 Å².